The quantitative estimate of drug-likeness (QED) is 0.0519. The Hall–Kier alpha value is 1.34. The molecule has 0 unspecified atom stereocenters. The molecule has 0 saturated carbocycles. The number of piperidine rings is 4. The number of allylic oxidation sites excluding steroid dienone is 1. The number of hydrogen-bond acceptors (Lipinski definition) is 7. The van der Waals surface area contributed by atoms with Gasteiger partial charge in [0.25, 0.3) is 0 Å². The second kappa shape index (κ2) is 83.6. The van der Waals surface area contributed by atoms with Gasteiger partial charge in [-0.05, 0) is 201 Å². The predicted molar refractivity (Wildman–Crippen MR) is 373 cm³/mol. The minimum absolute atomic E-state index is 0. The molecule has 4 aliphatic rings. The van der Waals surface area contributed by atoms with Crippen LogP contribution in [0.1, 0.15) is 196 Å². The SMILES string of the molecule is C.C=C[C-]=O.CC.CC.CC.CC.C[C-](O)CCN1CCC(Cc2ccccc2)CC1.C[CH-]CCC.C[CH-]CCN1CCC(Cc2ccccc2)CC1.O=[C-]CCN1CCC(Cc2ccccc2)CC1.[B].[Y].[Y].[Y].[Y].[Y].c1ccc(CC2CCNCC2)cc1. The van der Waals surface area contributed by atoms with E-state index in [9.17, 15) is 9.90 Å². The predicted octanol–water partition coefficient (Wildman–Crippen LogP) is 18.1. The van der Waals surface area contributed by atoms with Crippen molar-refractivity contribution in [2.75, 3.05) is 72.0 Å². The van der Waals surface area contributed by atoms with Gasteiger partial charge in [-0.3, -0.25) is 6.29 Å². The van der Waals surface area contributed by atoms with Crippen LogP contribution in [-0.4, -0.2) is 113 Å². The van der Waals surface area contributed by atoms with Crippen molar-refractivity contribution in [3.05, 3.63) is 175 Å². The average molecular weight is 1600 g/mol. The molecular weight excluding hydrogens is 1470 g/mol. The summed E-state index contributed by atoms with van der Waals surface area (Å²) in [5.74, 6) is 3.46. The van der Waals surface area contributed by atoms with Gasteiger partial charge in [0.05, 0.1) is 0 Å². The molecule has 4 aromatic carbocycles. The van der Waals surface area contributed by atoms with E-state index in [1.807, 2.05) is 61.7 Å². The second-order valence-corrected chi connectivity index (χ2v) is 20.9. The molecule has 0 amide bonds. The number of rotatable bonds is 20. The van der Waals surface area contributed by atoms with Crippen LogP contribution >= 0.6 is 0 Å². The fourth-order valence-corrected chi connectivity index (χ4v) is 10.2. The molecule has 13 heteroatoms. The largest absolute Gasteiger partial charge is 0.563 e. The van der Waals surface area contributed by atoms with Crippen molar-refractivity contribution in [3.8, 4) is 0 Å². The fraction of sp³-hybridized carbons (Fsp3) is 0.592. The van der Waals surface area contributed by atoms with E-state index in [2.05, 4.69) is 182 Å². The standard InChI is InChI=1S/C16H24NO.C16H24N.C15H20NO.C12H17N.C5H11.C3H3O.4C2H6.CH4.B.5Y/c1-14(18)7-10-17-11-8-16(9-12-17)13-15-5-3-2-4-6-15;1-2-3-11-17-12-9-16(10-13-17)14-15-7-5-4-6-8-15;17-12-4-9-16-10-7-15(8-11-16)13-14-5-2-1-3-6-14;1-2-4-11(5-3-1)10-12-6-8-13-9-7-12;1-3-5-4-2;1-2-3-4;4*1-2;;;;;;;/h2-6,16,18H,7-13H2,1H3;2,4-8,16H,3,9-14H2,1H3;1-3,5-6,15H,4,7-11,13H2;1-5,12-13H,6-10H2;3H,4-5H2,1-2H3;2H,1H2;4*1-2H3;1H4;;;;;;/q3*-1;;2*-1;;;;;;;;;;;. The van der Waals surface area contributed by atoms with E-state index in [0.717, 1.165) is 62.3 Å². The van der Waals surface area contributed by atoms with Crippen LogP contribution in [0.4, 0.5) is 0 Å². The molecule has 0 aliphatic carbocycles. The van der Waals surface area contributed by atoms with Gasteiger partial charge in [-0.1, -0.05) is 197 Å². The Morgan fingerprint density at radius 1 is 0.506 bits per heavy atom. The molecule has 8 radical (unpaired) electrons. The van der Waals surface area contributed by atoms with Crippen molar-refractivity contribution in [1.82, 2.24) is 20.0 Å². The molecule has 492 valence electrons. The maximum absolute atomic E-state index is 10.2. The van der Waals surface area contributed by atoms with Crippen molar-refractivity contribution in [3.63, 3.8) is 0 Å². The van der Waals surface area contributed by atoms with Crippen LogP contribution in [0, 0.1) is 42.6 Å². The molecule has 4 fully saturated rings. The third kappa shape index (κ3) is 63.8. The number of benzene rings is 4. The summed E-state index contributed by atoms with van der Waals surface area (Å²) in [5.41, 5.74) is 5.92. The van der Waals surface area contributed by atoms with Gasteiger partial charge < -0.3 is 47.6 Å². The van der Waals surface area contributed by atoms with E-state index in [1.54, 1.807) is 6.92 Å². The molecule has 4 aliphatic heterocycles. The maximum atomic E-state index is 10.2. The Morgan fingerprint density at radius 3 is 1.01 bits per heavy atom. The van der Waals surface area contributed by atoms with E-state index >= 15 is 0 Å². The summed E-state index contributed by atoms with van der Waals surface area (Å²) < 4.78 is 0. The van der Waals surface area contributed by atoms with Crippen LogP contribution in [0.2, 0.25) is 0 Å². The van der Waals surface area contributed by atoms with Gasteiger partial charge in [-0.2, -0.15) is 33.6 Å². The zero-order valence-corrected chi connectivity index (χ0v) is 72.4. The third-order valence-electron chi connectivity index (χ3n) is 14.8. The molecule has 0 aromatic heterocycles. The van der Waals surface area contributed by atoms with E-state index in [-0.39, 0.29) is 179 Å². The summed E-state index contributed by atoms with van der Waals surface area (Å²) in [7, 11) is 0. The molecule has 0 atom stereocenters. The number of unbranched alkanes of at least 4 members (excludes halogenated alkanes) is 3. The number of nitrogens with one attached hydrogen (secondary N) is 1. The Kier molecular flexibility index (Phi) is 102. The monoisotopic (exact) mass is 1600 g/mol. The van der Waals surface area contributed by atoms with Crippen LogP contribution in [-0.2, 0) is 199 Å². The third-order valence-corrected chi connectivity index (χ3v) is 14.8. The normalized spacial score (nSPS) is 14.4. The van der Waals surface area contributed by atoms with Crippen molar-refractivity contribution < 1.29 is 178 Å². The first kappa shape index (κ1) is 109. The molecule has 7 nitrogen and oxygen atoms in total. The van der Waals surface area contributed by atoms with Gasteiger partial charge >= 0.3 is 0 Å². The summed E-state index contributed by atoms with van der Waals surface area (Å²) in [5, 5.41) is 12.6. The van der Waals surface area contributed by atoms with Gasteiger partial charge in [-0.25, -0.2) is 18.8 Å². The van der Waals surface area contributed by atoms with Gasteiger partial charge in [0, 0.05) is 172 Å². The molecule has 8 rings (SSSR count). The van der Waals surface area contributed by atoms with Gasteiger partial charge in [0.15, 0.2) is 0 Å². The Bertz CT molecular complexity index is 1900. The zero-order chi connectivity index (χ0) is 61.1. The van der Waals surface area contributed by atoms with Crippen LogP contribution in [0.3, 0.4) is 0 Å². The Morgan fingerprint density at radius 2 is 0.775 bits per heavy atom. The number of aliphatic hydroxyl groups excluding tert-OH is 1. The Balaban J connectivity index is -0.000000124. The van der Waals surface area contributed by atoms with Crippen molar-refractivity contribution >= 4 is 21.0 Å². The van der Waals surface area contributed by atoms with Crippen LogP contribution < -0.4 is 5.32 Å². The summed E-state index contributed by atoms with van der Waals surface area (Å²) in [6.45, 7) is 40.1. The van der Waals surface area contributed by atoms with Crippen LogP contribution in [0.5, 0.6) is 0 Å². The average Bonchev–Trinajstić information content (AvgIpc) is 3.68. The minimum Gasteiger partial charge on any atom is -0.563 e. The smallest absolute Gasteiger partial charge is 0 e. The van der Waals surface area contributed by atoms with Gasteiger partial charge in [-0.15, -0.1) is 12.8 Å². The molecule has 0 spiro atoms. The molecule has 4 aromatic rings. The molecular formula is C76H127BN4O3Y5-5. The number of hydrogen-bond donors (Lipinski definition) is 2. The van der Waals surface area contributed by atoms with E-state index in [1.165, 1.54) is 171 Å². The summed E-state index contributed by atoms with van der Waals surface area (Å²) in [6.07, 6.45) is 30.2. The zero-order valence-electron chi connectivity index (χ0n) is 58.2. The van der Waals surface area contributed by atoms with E-state index < -0.39 is 0 Å². The summed E-state index contributed by atoms with van der Waals surface area (Å²) in [4.78, 5) is 26.6. The van der Waals surface area contributed by atoms with Crippen molar-refractivity contribution in [1.29, 1.82) is 0 Å². The molecule has 4 heterocycles. The van der Waals surface area contributed by atoms with Crippen molar-refractivity contribution in [2.45, 2.75) is 200 Å². The number of nitrogens with zero attached hydrogens (tertiary/aromatic N) is 3. The number of carbonyl (C=O) groups excluding carboxylic acids is 2. The first-order valence-electron chi connectivity index (χ1n) is 32.7. The van der Waals surface area contributed by atoms with E-state index in [0.29, 0.717) is 12.5 Å². The minimum atomic E-state index is 0. The second-order valence-electron chi connectivity index (χ2n) is 20.9. The molecule has 89 heavy (non-hydrogen) atoms. The summed E-state index contributed by atoms with van der Waals surface area (Å²) >= 11 is 0. The van der Waals surface area contributed by atoms with Gasteiger partial charge in [0.2, 0.25) is 0 Å². The van der Waals surface area contributed by atoms with Crippen LogP contribution in [0.25, 0.3) is 0 Å². The first-order chi connectivity index (χ1) is 40.3. The van der Waals surface area contributed by atoms with E-state index in [4.69, 9.17) is 4.79 Å². The fourth-order valence-electron chi connectivity index (χ4n) is 10.2. The summed E-state index contributed by atoms with van der Waals surface area (Å²) in [6, 6.07) is 43.3. The number of aliphatic hydroxyl groups is 1. The number of likely N-dealkylation sites (tertiary alicyclic amines) is 3. The first-order valence-corrected chi connectivity index (χ1v) is 32.7. The molecule has 4 saturated heterocycles. The van der Waals surface area contributed by atoms with Gasteiger partial charge in [0.1, 0.15) is 0 Å². The Labute approximate surface area is 680 Å². The van der Waals surface area contributed by atoms with Crippen LogP contribution in [0.15, 0.2) is 134 Å². The topological polar surface area (TPSA) is 76.1 Å². The molecule has 0 bridgehead atoms. The maximum Gasteiger partial charge on any atom is 0 e. The molecule has 2 N–H and O–H groups in total. The van der Waals surface area contributed by atoms with Crippen molar-refractivity contribution in [2.24, 2.45) is 23.7 Å².